The second-order valence-corrected chi connectivity index (χ2v) is 4.23. The number of hydrogen-bond donors (Lipinski definition) is 2. The number of anilines is 1. The Bertz CT molecular complexity index is 507. The van der Waals surface area contributed by atoms with Crippen LogP contribution in [0.25, 0.3) is 0 Å². The molecule has 0 saturated heterocycles. The largest absolute Gasteiger partial charge is 0.469 e. The normalized spacial score (nSPS) is 10.3. The first-order valence-electron chi connectivity index (χ1n) is 4.77. The molecular formula is C10H10IN3O2. The molecule has 0 radical (unpaired) electrons. The summed E-state index contributed by atoms with van der Waals surface area (Å²) in [5.74, 6) is 1.52. The molecule has 0 saturated carbocycles. The lowest BCUT2D eigenvalue weighted by Gasteiger charge is -2.04. The van der Waals surface area contributed by atoms with Gasteiger partial charge in [-0.05, 0) is 34.7 Å². The standard InChI is InChI=1S/C10H10IN3O2/c11-8-9(13-6-14-10(8)15)12-4-3-7-2-1-5-16-7/h1-2,5-6H,3-4H2,(H2,12,13,14,15). The maximum atomic E-state index is 11.3. The second kappa shape index (κ2) is 5.15. The molecule has 0 aliphatic heterocycles. The van der Waals surface area contributed by atoms with Crippen molar-refractivity contribution < 1.29 is 4.42 Å². The Morgan fingerprint density at radius 3 is 3.19 bits per heavy atom. The zero-order valence-electron chi connectivity index (χ0n) is 8.37. The van der Waals surface area contributed by atoms with Gasteiger partial charge in [-0.1, -0.05) is 0 Å². The van der Waals surface area contributed by atoms with Gasteiger partial charge >= 0.3 is 0 Å². The number of aromatic amines is 1. The lowest BCUT2D eigenvalue weighted by Crippen LogP contribution is -2.16. The number of furan rings is 1. The van der Waals surface area contributed by atoms with Gasteiger partial charge in [-0.2, -0.15) is 0 Å². The first-order valence-corrected chi connectivity index (χ1v) is 5.84. The van der Waals surface area contributed by atoms with Crippen molar-refractivity contribution in [1.29, 1.82) is 0 Å². The van der Waals surface area contributed by atoms with E-state index >= 15 is 0 Å². The molecule has 2 aromatic rings. The molecule has 0 fully saturated rings. The molecule has 2 aromatic heterocycles. The lowest BCUT2D eigenvalue weighted by atomic mass is 10.3. The summed E-state index contributed by atoms with van der Waals surface area (Å²) in [6.07, 6.45) is 3.79. The van der Waals surface area contributed by atoms with Crippen LogP contribution in [0.15, 0.2) is 33.9 Å². The summed E-state index contributed by atoms with van der Waals surface area (Å²) in [5, 5.41) is 3.09. The van der Waals surface area contributed by atoms with E-state index in [0.29, 0.717) is 15.9 Å². The third-order valence-electron chi connectivity index (χ3n) is 2.04. The Kier molecular flexibility index (Phi) is 3.60. The molecule has 0 aliphatic carbocycles. The molecule has 0 bridgehead atoms. The molecule has 2 heterocycles. The van der Waals surface area contributed by atoms with Gasteiger partial charge in [0.05, 0.1) is 12.6 Å². The zero-order valence-corrected chi connectivity index (χ0v) is 10.5. The van der Waals surface area contributed by atoms with Crippen LogP contribution in [0.4, 0.5) is 5.82 Å². The highest BCUT2D eigenvalue weighted by Gasteiger charge is 2.04. The number of aromatic nitrogens is 2. The van der Waals surface area contributed by atoms with Crippen LogP contribution in [-0.2, 0) is 6.42 Å². The first kappa shape index (κ1) is 11.2. The van der Waals surface area contributed by atoms with Crippen LogP contribution in [0.1, 0.15) is 5.76 Å². The maximum Gasteiger partial charge on any atom is 0.266 e. The minimum absolute atomic E-state index is 0.129. The van der Waals surface area contributed by atoms with E-state index in [2.05, 4.69) is 15.3 Å². The predicted molar refractivity (Wildman–Crippen MR) is 68.5 cm³/mol. The Hall–Kier alpha value is -1.31. The van der Waals surface area contributed by atoms with Crippen molar-refractivity contribution >= 4 is 28.4 Å². The monoisotopic (exact) mass is 331 g/mol. The summed E-state index contributed by atoms with van der Waals surface area (Å²) in [6, 6.07) is 3.77. The van der Waals surface area contributed by atoms with E-state index in [1.165, 1.54) is 6.33 Å². The smallest absolute Gasteiger partial charge is 0.266 e. The number of H-pyrrole nitrogens is 1. The van der Waals surface area contributed by atoms with Crippen molar-refractivity contribution in [2.24, 2.45) is 0 Å². The average molecular weight is 331 g/mol. The number of nitrogens with one attached hydrogen (secondary N) is 2. The number of halogens is 1. The molecule has 16 heavy (non-hydrogen) atoms. The molecule has 0 atom stereocenters. The van der Waals surface area contributed by atoms with Crippen LogP contribution < -0.4 is 10.9 Å². The van der Waals surface area contributed by atoms with Gasteiger partial charge < -0.3 is 14.7 Å². The Morgan fingerprint density at radius 1 is 1.56 bits per heavy atom. The van der Waals surface area contributed by atoms with Crippen LogP contribution in [0.2, 0.25) is 0 Å². The summed E-state index contributed by atoms with van der Waals surface area (Å²) in [5.41, 5.74) is -0.129. The average Bonchev–Trinajstić information content (AvgIpc) is 2.77. The molecule has 0 unspecified atom stereocenters. The molecule has 84 valence electrons. The summed E-state index contributed by atoms with van der Waals surface area (Å²) in [6.45, 7) is 0.681. The van der Waals surface area contributed by atoms with E-state index in [0.717, 1.165) is 12.2 Å². The summed E-state index contributed by atoms with van der Waals surface area (Å²) in [4.78, 5) is 17.8. The molecule has 5 nitrogen and oxygen atoms in total. The van der Waals surface area contributed by atoms with E-state index in [4.69, 9.17) is 4.42 Å². The highest BCUT2D eigenvalue weighted by Crippen LogP contribution is 2.09. The van der Waals surface area contributed by atoms with Crippen LogP contribution in [0.3, 0.4) is 0 Å². The topological polar surface area (TPSA) is 70.9 Å². The Morgan fingerprint density at radius 2 is 2.44 bits per heavy atom. The second-order valence-electron chi connectivity index (χ2n) is 3.15. The fourth-order valence-electron chi connectivity index (χ4n) is 1.27. The SMILES string of the molecule is O=c1[nH]cnc(NCCc2ccco2)c1I. The Labute approximate surface area is 105 Å². The van der Waals surface area contributed by atoms with Gasteiger partial charge in [-0.15, -0.1) is 0 Å². The quantitative estimate of drug-likeness (QED) is 0.836. The van der Waals surface area contributed by atoms with Gasteiger partial charge in [-0.25, -0.2) is 4.98 Å². The van der Waals surface area contributed by atoms with E-state index in [1.807, 2.05) is 34.7 Å². The first-order chi connectivity index (χ1) is 7.77. The van der Waals surface area contributed by atoms with Gasteiger partial charge in [0.2, 0.25) is 0 Å². The van der Waals surface area contributed by atoms with E-state index in [-0.39, 0.29) is 5.56 Å². The van der Waals surface area contributed by atoms with Crippen LogP contribution >= 0.6 is 22.6 Å². The maximum absolute atomic E-state index is 11.3. The van der Waals surface area contributed by atoms with Crippen molar-refractivity contribution in [3.63, 3.8) is 0 Å². The Balaban J connectivity index is 1.95. The van der Waals surface area contributed by atoms with E-state index in [9.17, 15) is 4.79 Å². The van der Waals surface area contributed by atoms with Gasteiger partial charge in [-0.3, -0.25) is 4.79 Å². The van der Waals surface area contributed by atoms with Crippen LogP contribution in [0, 0.1) is 3.57 Å². The van der Waals surface area contributed by atoms with Crippen molar-refractivity contribution in [2.75, 3.05) is 11.9 Å². The lowest BCUT2D eigenvalue weighted by molar-refractivity contribution is 0.513. The molecule has 0 aliphatic rings. The third kappa shape index (κ3) is 2.63. The fourth-order valence-corrected chi connectivity index (χ4v) is 1.75. The number of hydrogen-bond acceptors (Lipinski definition) is 4. The highest BCUT2D eigenvalue weighted by molar-refractivity contribution is 14.1. The van der Waals surface area contributed by atoms with Crippen molar-refractivity contribution in [1.82, 2.24) is 9.97 Å². The third-order valence-corrected chi connectivity index (χ3v) is 3.04. The van der Waals surface area contributed by atoms with Gasteiger partial charge in [0.25, 0.3) is 5.56 Å². The predicted octanol–water partition coefficient (Wildman–Crippen LogP) is 1.62. The molecule has 0 aromatic carbocycles. The van der Waals surface area contributed by atoms with E-state index < -0.39 is 0 Å². The van der Waals surface area contributed by atoms with Gasteiger partial charge in [0.15, 0.2) is 0 Å². The van der Waals surface area contributed by atoms with E-state index in [1.54, 1.807) is 6.26 Å². The number of rotatable bonds is 4. The molecule has 6 heteroatoms. The van der Waals surface area contributed by atoms with Gasteiger partial charge in [0, 0.05) is 13.0 Å². The minimum atomic E-state index is -0.129. The van der Waals surface area contributed by atoms with Gasteiger partial charge in [0.1, 0.15) is 15.1 Å². The molecular weight excluding hydrogens is 321 g/mol. The summed E-state index contributed by atoms with van der Waals surface area (Å²) in [7, 11) is 0. The molecule has 2 N–H and O–H groups in total. The molecule has 0 spiro atoms. The summed E-state index contributed by atoms with van der Waals surface area (Å²) >= 11 is 1.97. The van der Waals surface area contributed by atoms with Crippen molar-refractivity contribution in [2.45, 2.75) is 6.42 Å². The fraction of sp³-hybridized carbons (Fsp3) is 0.200. The number of nitrogens with zero attached hydrogens (tertiary/aromatic N) is 1. The van der Waals surface area contributed by atoms with Crippen molar-refractivity contribution in [3.8, 4) is 0 Å². The van der Waals surface area contributed by atoms with Crippen molar-refractivity contribution in [3.05, 3.63) is 44.4 Å². The van der Waals surface area contributed by atoms with Crippen LogP contribution in [0.5, 0.6) is 0 Å². The molecule has 2 rings (SSSR count). The zero-order chi connectivity index (χ0) is 11.4. The minimum Gasteiger partial charge on any atom is -0.469 e. The molecule has 0 amide bonds. The van der Waals surface area contributed by atoms with Crippen LogP contribution in [-0.4, -0.2) is 16.5 Å². The summed E-state index contributed by atoms with van der Waals surface area (Å²) < 4.78 is 5.76. The highest BCUT2D eigenvalue weighted by atomic mass is 127.